The highest BCUT2D eigenvalue weighted by Gasteiger charge is 2.13. The maximum absolute atomic E-state index is 10.3. The van der Waals surface area contributed by atoms with Crippen LogP contribution in [0.2, 0.25) is 0 Å². The molecule has 0 saturated carbocycles. The third kappa shape index (κ3) is 2.25. The van der Waals surface area contributed by atoms with E-state index in [1.54, 1.807) is 6.26 Å². The summed E-state index contributed by atoms with van der Waals surface area (Å²) < 4.78 is 5.24. The lowest BCUT2D eigenvalue weighted by molar-refractivity contribution is 0.219. The summed E-state index contributed by atoms with van der Waals surface area (Å²) in [7, 11) is 0. The molecule has 96 valence electrons. The molecule has 0 saturated heterocycles. The molecule has 1 aromatic carbocycles. The Bertz CT molecular complexity index is 730. The highest BCUT2D eigenvalue weighted by Crippen LogP contribution is 2.26. The fraction of sp³-hybridized carbons (Fsp3) is 0.188. The van der Waals surface area contributed by atoms with Crippen LogP contribution in [0.5, 0.6) is 0 Å². The maximum Gasteiger partial charge on any atom is 0.107 e. The highest BCUT2D eigenvalue weighted by molar-refractivity contribution is 5.79. The minimum Gasteiger partial charge on any atom is -0.469 e. The van der Waals surface area contributed by atoms with Crippen molar-refractivity contribution in [2.24, 2.45) is 0 Å². The summed E-state index contributed by atoms with van der Waals surface area (Å²) >= 11 is 0. The van der Waals surface area contributed by atoms with Crippen molar-refractivity contribution in [3.63, 3.8) is 0 Å². The minimum atomic E-state index is -0.664. The summed E-state index contributed by atoms with van der Waals surface area (Å²) in [6, 6.07) is 11.7. The van der Waals surface area contributed by atoms with E-state index in [1.807, 2.05) is 50.2 Å². The number of aryl methyl sites for hydroxylation is 2. The van der Waals surface area contributed by atoms with E-state index < -0.39 is 6.10 Å². The first-order valence-corrected chi connectivity index (χ1v) is 6.24. The molecule has 3 aromatic rings. The van der Waals surface area contributed by atoms with Gasteiger partial charge in [-0.3, -0.25) is 4.98 Å². The molecule has 0 spiro atoms. The number of aromatic nitrogens is 1. The van der Waals surface area contributed by atoms with Crippen molar-refractivity contribution >= 4 is 10.9 Å². The monoisotopic (exact) mass is 253 g/mol. The van der Waals surface area contributed by atoms with Crippen molar-refractivity contribution < 1.29 is 9.52 Å². The van der Waals surface area contributed by atoms with Crippen LogP contribution in [-0.2, 0) is 0 Å². The van der Waals surface area contributed by atoms with Gasteiger partial charge in [0.05, 0.1) is 11.8 Å². The van der Waals surface area contributed by atoms with Crippen LogP contribution in [0.3, 0.4) is 0 Å². The first-order chi connectivity index (χ1) is 9.13. The molecule has 19 heavy (non-hydrogen) atoms. The molecular weight excluding hydrogens is 238 g/mol. The van der Waals surface area contributed by atoms with Gasteiger partial charge in [0.15, 0.2) is 0 Å². The van der Waals surface area contributed by atoms with E-state index in [9.17, 15) is 5.11 Å². The zero-order valence-corrected chi connectivity index (χ0v) is 10.9. The molecule has 2 heterocycles. The summed E-state index contributed by atoms with van der Waals surface area (Å²) in [6.07, 6.45) is 0.931. The average Bonchev–Trinajstić information content (AvgIpc) is 2.84. The fourth-order valence-corrected chi connectivity index (χ4v) is 2.22. The predicted octanol–water partition coefficient (Wildman–Crippen LogP) is 3.53. The standard InChI is InChI=1S/C16H15NO2/c1-10-3-4-12-8-13(5-6-15(12)17-10)16(18)14-7-11(2)19-9-14/h3-9,16,18H,1-2H3. The van der Waals surface area contributed by atoms with Gasteiger partial charge in [0.2, 0.25) is 0 Å². The topological polar surface area (TPSA) is 46.3 Å². The zero-order chi connectivity index (χ0) is 13.4. The Balaban J connectivity index is 2.03. The van der Waals surface area contributed by atoms with E-state index in [2.05, 4.69) is 4.98 Å². The second-order valence-corrected chi connectivity index (χ2v) is 4.80. The number of nitrogens with zero attached hydrogens (tertiary/aromatic N) is 1. The van der Waals surface area contributed by atoms with Crippen molar-refractivity contribution in [1.29, 1.82) is 0 Å². The van der Waals surface area contributed by atoms with Gasteiger partial charge in [-0.2, -0.15) is 0 Å². The van der Waals surface area contributed by atoms with E-state index in [0.29, 0.717) is 0 Å². The molecule has 1 atom stereocenters. The van der Waals surface area contributed by atoms with Gasteiger partial charge in [0, 0.05) is 16.6 Å². The maximum atomic E-state index is 10.3. The normalized spacial score (nSPS) is 12.8. The Kier molecular flexibility index (Phi) is 2.84. The van der Waals surface area contributed by atoms with Gasteiger partial charge in [-0.1, -0.05) is 12.1 Å². The number of aliphatic hydroxyl groups excluding tert-OH is 1. The number of hydrogen-bond donors (Lipinski definition) is 1. The summed E-state index contributed by atoms with van der Waals surface area (Å²) in [5, 5.41) is 11.4. The third-order valence-electron chi connectivity index (χ3n) is 3.23. The van der Waals surface area contributed by atoms with E-state index in [4.69, 9.17) is 4.42 Å². The molecule has 2 aromatic heterocycles. The molecule has 0 aliphatic heterocycles. The number of furan rings is 1. The molecule has 1 unspecified atom stereocenters. The summed E-state index contributed by atoms with van der Waals surface area (Å²) in [5.74, 6) is 0.798. The number of pyridine rings is 1. The van der Waals surface area contributed by atoms with E-state index in [0.717, 1.165) is 33.5 Å². The molecule has 1 N–H and O–H groups in total. The van der Waals surface area contributed by atoms with Crippen molar-refractivity contribution in [1.82, 2.24) is 4.98 Å². The molecule has 3 nitrogen and oxygen atoms in total. The molecule has 3 rings (SSSR count). The van der Waals surface area contributed by atoms with Crippen LogP contribution < -0.4 is 0 Å². The van der Waals surface area contributed by atoms with Gasteiger partial charge in [-0.15, -0.1) is 0 Å². The summed E-state index contributed by atoms with van der Waals surface area (Å²) in [6.45, 7) is 3.83. The largest absolute Gasteiger partial charge is 0.469 e. The Morgan fingerprint density at radius 1 is 1.05 bits per heavy atom. The van der Waals surface area contributed by atoms with Gasteiger partial charge < -0.3 is 9.52 Å². The van der Waals surface area contributed by atoms with E-state index in [-0.39, 0.29) is 0 Å². The average molecular weight is 253 g/mol. The SMILES string of the molecule is Cc1ccc2cc(C(O)c3coc(C)c3)ccc2n1. The lowest BCUT2D eigenvalue weighted by atomic mass is 10.0. The minimum absolute atomic E-state index is 0.664. The Morgan fingerprint density at radius 3 is 2.63 bits per heavy atom. The number of hydrogen-bond acceptors (Lipinski definition) is 3. The second kappa shape index (κ2) is 4.52. The van der Waals surface area contributed by atoms with Crippen LogP contribution in [-0.4, -0.2) is 10.1 Å². The molecule has 0 aliphatic carbocycles. The first-order valence-electron chi connectivity index (χ1n) is 6.24. The Hall–Kier alpha value is -2.13. The number of benzene rings is 1. The third-order valence-corrected chi connectivity index (χ3v) is 3.23. The van der Waals surface area contributed by atoms with Gasteiger partial charge in [-0.25, -0.2) is 0 Å². The predicted molar refractivity (Wildman–Crippen MR) is 74.0 cm³/mol. The lowest BCUT2D eigenvalue weighted by Crippen LogP contribution is -1.98. The van der Waals surface area contributed by atoms with E-state index in [1.165, 1.54) is 0 Å². The number of fused-ring (bicyclic) bond motifs is 1. The van der Waals surface area contributed by atoms with Crippen molar-refractivity contribution in [2.75, 3.05) is 0 Å². The Labute approximate surface area is 111 Å². The fourth-order valence-electron chi connectivity index (χ4n) is 2.22. The van der Waals surface area contributed by atoms with Crippen LogP contribution in [0.4, 0.5) is 0 Å². The van der Waals surface area contributed by atoms with Crippen molar-refractivity contribution in [2.45, 2.75) is 20.0 Å². The molecule has 0 radical (unpaired) electrons. The van der Waals surface area contributed by atoms with Gasteiger partial charge in [0.1, 0.15) is 11.9 Å². The van der Waals surface area contributed by atoms with Crippen LogP contribution in [0.15, 0.2) is 47.1 Å². The number of aliphatic hydroxyl groups is 1. The lowest BCUT2D eigenvalue weighted by Gasteiger charge is -2.09. The molecule has 0 aliphatic rings. The highest BCUT2D eigenvalue weighted by atomic mass is 16.3. The molecule has 0 amide bonds. The van der Waals surface area contributed by atoms with Crippen LogP contribution in [0, 0.1) is 13.8 Å². The van der Waals surface area contributed by atoms with Crippen LogP contribution in [0.25, 0.3) is 10.9 Å². The zero-order valence-electron chi connectivity index (χ0n) is 10.9. The van der Waals surface area contributed by atoms with Crippen LogP contribution in [0.1, 0.15) is 28.7 Å². The molecule has 0 bridgehead atoms. The number of rotatable bonds is 2. The Morgan fingerprint density at radius 2 is 1.89 bits per heavy atom. The van der Waals surface area contributed by atoms with Crippen molar-refractivity contribution in [3.8, 4) is 0 Å². The summed E-state index contributed by atoms with van der Waals surface area (Å²) in [4.78, 5) is 4.45. The van der Waals surface area contributed by atoms with Gasteiger partial charge >= 0.3 is 0 Å². The first kappa shape index (κ1) is 11.9. The molecule has 0 fully saturated rings. The second-order valence-electron chi connectivity index (χ2n) is 4.80. The van der Waals surface area contributed by atoms with Crippen LogP contribution >= 0.6 is 0 Å². The molecule has 3 heteroatoms. The smallest absolute Gasteiger partial charge is 0.107 e. The quantitative estimate of drug-likeness (QED) is 0.760. The molecular formula is C16H15NO2. The van der Waals surface area contributed by atoms with E-state index >= 15 is 0 Å². The van der Waals surface area contributed by atoms with Crippen molar-refractivity contribution in [3.05, 3.63) is 65.2 Å². The summed E-state index contributed by atoms with van der Waals surface area (Å²) in [5.41, 5.74) is 3.56. The van der Waals surface area contributed by atoms with Gasteiger partial charge in [0.25, 0.3) is 0 Å². The van der Waals surface area contributed by atoms with Gasteiger partial charge in [-0.05, 0) is 43.7 Å².